The number of fused-ring (bicyclic) bond motifs is 3. The van der Waals surface area contributed by atoms with E-state index in [1.807, 2.05) is 24.3 Å². The quantitative estimate of drug-likeness (QED) is 0.419. The van der Waals surface area contributed by atoms with Crippen LogP contribution in [0, 0.1) is 0 Å². The largest absolute Gasteiger partial charge is 0.480 e. The van der Waals surface area contributed by atoms with Crippen molar-refractivity contribution in [1.29, 1.82) is 0 Å². The average Bonchev–Trinajstić information content (AvgIpc) is 3.16. The van der Waals surface area contributed by atoms with Gasteiger partial charge in [0.1, 0.15) is 12.6 Å². The second kappa shape index (κ2) is 11.1. The Morgan fingerprint density at radius 3 is 2.20 bits per heavy atom. The van der Waals surface area contributed by atoms with Crippen LogP contribution < -0.4 is 10.6 Å². The van der Waals surface area contributed by atoms with Crippen LogP contribution in [0.15, 0.2) is 48.5 Å². The number of carboxylic acid groups (broad SMARTS) is 1. The molecule has 35 heavy (non-hydrogen) atoms. The summed E-state index contributed by atoms with van der Waals surface area (Å²) >= 11 is 1.75. The van der Waals surface area contributed by atoms with Crippen molar-refractivity contribution >= 4 is 29.7 Å². The van der Waals surface area contributed by atoms with Crippen molar-refractivity contribution in [1.82, 2.24) is 10.6 Å². The molecule has 1 atom stereocenters. The molecule has 2 amide bonds. The maximum Gasteiger partial charge on any atom is 0.407 e. The Morgan fingerprint density at radius 2 is 1.63 bits per heavy atom. The highest BCUT2D eigenvalue weighted by Crippen LogP contribution is 2.44. The normalized spacial score (nSPS) is 17.1. The highest BCUT2D eigenvalue weighted by Gasteiger charge is 2.38. The number of aliphatic carboxylic acids is 1. The number of amides is 2. The summed E-state index contributed by atoms with van der Waals surface area (Å²) in [5.74, 6) is -0.197. The molecule has 1 unspecified atom stereocenters. The average molecular weight is 499 g/mol. The number of alkyl carbamates (subject to hydrolysis) is 1. The van der Waals surface area contributed by atoms with Crippen molar-refractivity contribution in [3.05, 3.63) is 59.7 Å². The first kappa shape index (κ1) is 25.1. The molecule has 1 aliphatic heterocycles. The summed E-state index contributed by atoms with van der Waals surface area (Å²) in [5, 5.41) is 23.7. The lowest BCUT2D eigenvalue weighted by atomic mass is 9.88. The second-order valence-corrected chi connectivity index (χ2v) is 10.2. The van der Waals surface area contributed by atoms with Crippen LogP contribution in [0.1, 0.15) is 42.7 Å². The van der Waals surface area contributed by atoms with Gasteiger partial charge in [0.25, 0.3) is 0 Å². The highest BCUT2D eigenvalue weighted by molar-refractivity contribution is 7.99. The van der Waals surface area contributed by atoms with Gasteiger partial charge in [-0.2, -0.15) is 11.8 Å². The fourth-order valence-corrected chi connectivity index (χ4v) is 6.17. The van der Waals surface area contributed by atoms with E-state index in [-0.39, 0.29) is 32.0 Å². The molecule has 186 valence electrons. The minimum Gasteiger partial charge on any atom is -0.480 e. The maximum absolute atomic E-state index is 12.9. The molecule has 0 radical (unpaired) electrons. The molecule has 1 aliphatic carbocycles. The molecular weight excluding hydrogens is 468 g/mol. The Hall–Kier alpha value is -3.04. The summed E-state index contributed by atoms with van der Waals surface area (Å²) in [6, 6.07) is 15.0. The van der Waals surface area contributed by atoms with E-state index in [0.29, 0.717) is 12.8 Å². The van der Waals surface area contributed by atoms with Crippen LogP contribution in [0.4, 0.5) is 4.79 Å². The molecule has 4 rings (SSSR count). The lowest BCUT2D eigenvalue weighted by Crippen LogP contribution is -2.54. The molecule has 0 aromatic heterocycles. The van der Waals surface area contributed by atoms with Gasteiger partial charge in [-0.15, -0.1) is 0 Å². The molecule has 1 fully saturated rings. The molecule has 1 heterocycles. The highest BCUT2D eigenvalue weighted by atomic mass is 32.2. The number of carboxylic acids is 1. The number of hydrogen-bond donors (Lipinski definition) is 4. The second-order valence-electron chi connectivity index (χ2n) is 8.99. The topological polar surface area (TPSA) is 125 Å². The number of aliphatic hydroxyl groups excluding tert-OH is 1. The van der Waals surface area contributed by atoms with Crippen LogP contribution in [0.25, 0.3) is 11.1 Å². The molecule has 1 saturated heterocycles. The molecular formula is C26H30N2O6S. The molecule has 2 aliphatic rings. The van der Waals surface area contributed by atoms with Crippen LogP contribution >= 0.6 is 11.8 Å². The van der Waals surface area contributed by atoms with Gasteiger partial charge in [0.2, 0.25) is 5.91 Å². The first-order chi connectivity index (χ1) is 16.9. The minimum atomic E-state index is -1.20. The number of ether oxygens (including phenoxy) is 1. The predicted molar refractivity (Wildman–Crippen MR) is 133 cm³/mol. The van der Waals surface area contributed by atoms with E-state index < -0.39 is 29.6 Å². The third kappa shape index (κ3) is 5.79. The number of aliphatic hydroxyl groups is 1. The summed E-state index contributed by atoms with van der Waals surface area (Å²) in [5.41, 5.74) is 3.72. The number of carbonyl (C=O) groups excluding carboxylic acids is 2. The molecule has 0 spiro atoms. The fraction of sp³-hybridized carbons (Fsp3) is 0.423. The number of benzene rings is 2. The number of thioether (sulfide) groups is 1. The molecule has 8 nitrogen and oxygen atoms in total. The van der Waals surface area contributed by atoms with Gasteiger partial charge in [-0.25, -0.2) is 9.59 Å². The van der Waals surface area contributed by atoms with Crippen molar-refractivity contribution in [2.75, 3.05) is 24.7 Å². The molecule has 0 bridgehead atoms. The van der Waals surface area contributed by atoms with Crippen LogP contribution in [0.5, 0.6) is 0 Å². The van der Waals surface area contributed by atoms with Gasteiger partial charge in [0.05, 0.1) is 5.54 Å². The zero-order valence-electron chi connectivity index (χ0n) is 19.4. The van der Waals surface area contributed by atoms with Crippen molar-refractivity contribution in [3.8, 4) is 11.1 Å². The number of rotatable bonds is 9. The van der Waals surface area contributed by atoms with E-state index in [9.17, 15) is 19.5 Å². The smallest absolute Gasteiger partial charge is 0.407 e. The fourth-order valence-electron chi connectivity index (χ4n) is 4.90. The van der Waals surface area contributed by atoms with Gasteiger partial charge in [-0.05, 0) is 46.6 Å². The lowest BCUT2D eigenvalue weighted by Gasteiger charge is -2.37. The van der Waals surface area contributed by atoms with E-state index in [4.69, 9.17) is 9.84 Å². The molecule has 2 aromatic rings. The maximum atomic E-state index is 12.9. The Morgan fingerprint density at radius 1 is 1.03 bits per heavy atom. The Bertz CT molecular complexity index is 1040. The summed E-state index contributed by atoms with van der Waals surface area (Å²) in [6.45, 7) is -0.175. The summed E-state index contributed by atoms with van der Waals surface area (Å²) < 4.78 is 5.69. The van der Waals surface area contributed by atoms with Crippen LogP contribution in [0.3, 0.4) is 0 Å². The summed E-state index contributed by atoms with van der Waals surface area (Å²) in [7, 11) is 0. The standard InChI is InChI=1S/C26H30N2O6S/c29-12-9-22(24(31)32)27-23(30)15-26(10-13-35-14-11-26)28-25(33)34-16-21-19-7-3-1-5-17(19)18-6-2-4-8-20(18)21/h1-8,21-22,29H,9-16H2,(H,27,30)(H,28,33)(H,31,32). The number of carbonyl (C=O) groups is 3. The monoisotopic (exact) mass is 498 g/mol. The van der Waals surface area contributed by atoms with Crippen LogP contribution in [-0.4, -0.2) is 64.5 Å². The van der Waals surface area contributed by atoms with Crippen molar-refractivity contribution in [2.24, 2.45) is 0 Å². The van der Waals surface area contributed by atoms with Crippen LogP contribution in [0.2, 0.25) is 0 Å². The summed E-state index contributed by atoms with van der Waals surface area (Å²) in [4.78, 5) is 36.9. The van der Waals surface area contributed by atoms with Gasteiger partial charge in [-0.3, -0.25) is 4.79 Å². The predicted octanol–water partition coefficient (Wildman–Crippen LogP) is 3.13. The Labute approximate surface area is 208 Å². The first-order valence-electron chi connectivity index (χ1n) is 11.8. The van der Waals surface area contributed by atoms with E-state index in [2.05, 4.69) is 34.9 Å². The van der Waals surface area contributed by atoms with Gasteiger partial charge >= 0.3 is 12.1 Å². The van der Waals surface area contributed by atoms with Gasteiger partial charge in [0, 0.05) is 25.4 Å². The number of hydrogen-bond acceptors (Lipinski definition) is 6. The summed E-state index contributed by atoms with van der Waals surface area (Å²) in [6.07, 6.45) is 0.438. The van der Waals surface area contributed by atoms with Gasteiger partial charge in [0.15, 0.2) is 0 Å². The van der Waals surface area contributed by atoms with Crippen molar-refractivity contribution in [3.63, 3.8) is 0 Å². The molecule has 0 saturated carbocycles. The van der Waals surface area contributed by atoms with E-state index >= 15 is 0 Å². The Balaban J connectivity index is 1.41. The van der Waals surface area contributed by atoms with E-state index in [1.54, 1.807) is 11.8 Å². The van der Waals surface area contributed by atoms with Gasteiger partial charge in [-0.1, -0.05) is 48.5 Å². The zero-order chi connectivity index (χ0) is 24.8. The van der Waals surface area contributed by atoms with Crippen molar-refractivity contribution in [2.45, 2.75) is 43.2 Å². The molecule has 9 heteroatoms. The first-order valence-corrected chi connectivity index (χ1v) is 12.9. The third-order valence-corrected chi connectivity index (χ3v) is 7.70. The molecule has 2 aromatic carbocycles. The van der Waals surface area contributed by atoms with Crippen molar-refractivity contribution < 1.29 is 29.3 Å². The van der Waals surface area contributed by atoms with E-state index in [1.165, 1.54) is 0 Å². The zero-order valence-corrected chi connectivity index (χ0v) is 20.2. The SMILES string of the molecule is O=C(CC1(NC(=O)OCC2c3ccccc3-c3ccccc32)CCSCC1)NC(CCO)C(=O)O. The van der Waals surface area contributed by atoms with Crippen LogP contribution in [-0.2, 0) is 14.3 Å². The Kier molecular flexibility index (Phi) is 7.97. The number of nitrogens with one attached hydrogen (secondary N) is 2. The third-order valence-electron chi connectivity index (χ3n) is 6.71. The lowest BCUT2D eigenvalue weighted by molar-refractivity contribution is -0.142. The van der Waals surface area contributed by atoms with Gasteiger partial charge < -0.3 is 25.6 Å². The molecule has 4 N–H and O–H groups in total. The van der Waals surface area contributed by atoms with E-state index in [0.717, 1.165) is 33.8 Å². The minimum absolute atomic E-state index is 0.0486.